The summed E-state index contributed by atoms with van der Waals surface area (Å²) < 4.78 is 4.32. The topological polar surface area (TPSA) is 61.3 Å². The molecule has 0 aliphatic heterocycles. The third-order valence-corrected chi connectivity index (χ3v) is 5.16. The van der Waals surface area contributed by atoms with Crippen LogP contribution in [0.4, 0.5) is 11.1 Å². The van der Waals surface area contributed by atoms with Crippen LogP contribution < -0.4 is 10.2 Å². The minimum atomic E-state index is -0.143. The second-order valence-electron chi connectivity index (χ2n) is 5.32. The molecule has 1 atom stereocenters. The molecule has 2 aromatic rings. The molecule has 1 saturated carbocycles. The highest BCUT2D eigenvalue weighted by atomic mass is 32.1. The lowest BCUT2D eigenvalue weighted by molar-refractivity contribution is 0.0344. The molecular weight excluding hydrogens is 292 g/mol. The standard InChI is InChI=1S/C13H18N4OS2/c1-17(2)12-15-13(20-16-12)14-11(8-6-9(18)7-8)10-4-3-5-19-10/h3-5,8-9,11,18H,6-7H2,1-2H3,(H,14,15,16)/t8?,9?,11-/m0/s1. The van der Waals surface area contributed by atoms with Crippen LogP contribution >= 0.6 is 22.9 Å². The molecule has 0 saturated heterocycles. The van der Waals surface area contributed by atoms with Gasteiger partial charge in [0.15, 0.2) is 0 Å². The summed E-state index contributed by atoms with van der Waals surface area (Å²) in [7, 11) is 3.87. The number of anilines is 2. The van der Waals surface area contributed by atoms with Crippen molar-refractivity contribution >= 4 is 33.9 Å². The molecule has 0 spiro atoms. The van der Waals surface area contributed by atoms with Crippen LogP contribution in [0.3, 0.4) is 0 Å². The number of nitrogens with one attached hydrogen (secondary N) is 1. The van der Waals surface area contributed by atoms with E-state index < -0.39 is 0 Å². The van der Waals surface area contributed by atoms with Gasteiger partial charge in [-0.2, -0.15) is 9.36 Å². The Morgan fingerprint density at radius 2 is 2.25 bits per heavy atom. The van der Waals surface area contributed by atoms with Crippen LogP contribution in [0.1, 0.15) is 23.8 Å². The van der Waals surface area contributed by atoms with Gasteiger partial charge in [-0.1, -0.05) is 6.07 Å². The van der Waals surface area contributed by atoms with Crippen molar-refractivity contribution in [3.05, 3.63) is 22.4 Å². The van der Waals surface area contributed by atoms with E-state index in [0.717, 1.165) is 23.9 Å². The van der Waals surface area contributed by atoms with Crippen molar-refractivity contribution in [3.63, 3.8) is 0 Å². The maximum atomic E-state index is 9.55. The largest absolute Gasteiger partial charge is 0.393 e. The van der Waals surface area contributed by atoms with Gasteiger partial charge in [0.25, 0.3) is 0 Å². The van der Waals surface area contributed by atoms with Crippen molar-refractivity contribution in [1.29, 1.82) is 0 Å². The highest BCUT2D eigenvalue weighted by Crippen LogP contribution is 2.41. The molecule has 1 aliphatic rings. The average molecular weight is 310 g/mol. The lowest BCUT2D eigenvalue weighted by atomic mass is 9.77. The van der Waals surface area contributed by atoms with Crippen molar-refractivity contribution in [2.75, 3.05) is 24.3 Å². The molecule has 0 bridgehead atoms. The Labute approximate surface area is 126 Å². The number of rotatable bonds is 5. The molecule has 108 valence electrons. The van der Waals surface area contributed by atoms with Gasteiger partial charge < -0.3 is 15.3 Å². The van der Waals surface area contributed by atoms with E-state index in [2.05, 4.69) is 32.2 Å². The molecule has 0 unspecified atom stereocenters. The Kier molecular flexibility index (Phi) is 3.91. The van der Waals surface area contributed by atoms with E-state index in [1.807, 2.05) is 19.0 Å². The van der Waals surface area contributed by atoms with Crippen molar-refractivity contribution in [3.8, 4) is 0 Å². The van der Waals surface area contributed by atoms with Crippen LogP contribution in [0.15, 0.2) is 17.5 Å². The van der Waals surface area contributed by atoms with Crippen LogP contribution in [0.5, 0.6) is 0 Å². The van der Waals surface area contributed by atoms with Crippen LogP contribution in [-0.2, 0) is 0 Å². The van der Waals surface area contributed by atoms with Gasteiger partial charge in [-0.15, -0.1) is 11.3 Å². The minimum absolute atomic E-state index is 0.143. The number of nitrogens with zero attached hydrogens (tertiary/aromatic N) is 3. The lowest BCUT2D eigenvalue weighted by Gasteiger charge is -2.37. The van der Waals surface area contributed by atoms with Crippen LogP contribution in [0, 0.1) is 5.92 Å². The van der Waals surface area contributed by atoms with E-state index in [4.69, 9.17) is 0 Å². The SMILES string of the molecule is CN(C)c1nsc(N[C@H](c2cccs2)C2CC(O)C2)n1. The molecular formula is C13H18N4OS2. The first-order valence-electron chi connectivity index (χ1n) is 6.62. The summed E-state index contributed by atoms with van der Waals surface area (Å²) in [4.78, 5) is 7.68. The zero-order valence-electron chi connectivity index (χ0n) is 11.5. The second-order valence-corrected chi connectivity index (χ2v) is 7.05. The summed E-state index contributed by atoms with van der Waals surface area (Å²) in [6.07, 6.45) is 1.57. The van der Waals surface area contributed by atoms with Crippen LogP contribution in [0.25, 0.3) is 0 Å². The first-order valence-corrected chi connectivity index (χ1v) is 8.28. The number of aliphatic hydroxyl groups is 1. The molecule has 0 aromatic carbocycles. The normalized spacial score (nSPS) is 23.1. The number of hydrogen-bond donors (Lipinski definition) is 2. The van der Waals surface area contributed by atoms with Gasteiger partial charge in [0, 0.05) is 30.5 Å². The third-order valence-electron chi connectivity index (χ3n) is 3.57. The zero-order chi connectivity index (χ0) is 14.1. The fraction of sp³-hybridized carbons (Fsp3) is 0.538. The molecule has 2 heterocycles. The van der Waals surface area contributed by atoms with E-state index in [9.17, 15) is 5.11 Å². The smallest absolute Gasteiger partial charge is 0.238 e. The summed E-state index contributed by atoms with van der Waals surface area (Å²) in [6, 6.07) is 4.43. The molecule has 1 aliphatic carbocycles. The van der Waals surface area contributed by atoms with Crippen molar-refractivity contribution in [2.24, 2.45) is 5.92 Å². The van der Waals surface area contributed by atoms with Crippen LogP contribution in [-0.4, -0.2) is 34.7 Å². The molecule has 0 radical (unpaired) electrons. The quantitative estimate of drug-likeness (QED) is 0.889. The Hall–Kier alpha value is -1.18. The fourth-order valence-corrected chi connectivity index (χ4v) is 3.92. The maximum Gasteiger partial charge on any atom is 0.238 e. The summed E-state index contributed by atoms with van der Waals surface area (Å²) in [6.45, 7) is 0. The lowest BCUT2D eigenvalue weighted by Crippen LogP contribution is -2.35. The minimum Gasteiger partial charge on any atom is -0.393 e. The predicted octanol–water partition coefficient (Wildman–Crippen LogP) is 2.59. The van der Waals surface area contributed by atoms with Gasteiger partial charge in [-0.25, -0.2) is 0 Å². The Balaban J connectivity index is 1.75. The molecule has 1 fully saturated rings. The molecule has 20 heavy (non-hydrogen) atoms. The number of hydrogen-bond acceptors (Lipinski definition) is 7. The Morgan fingerprint density at radius 3 is 2.80 bits per heavy atom. The summed E-state index contributed by atoms with van der Waals surface area (Å²) in [5, 5.41) is 16.0. The first-order chi connectivity index (χ1) is 9.63. The highest BCUT2D eigenvalue weighted by molar-refractivity contribution is 7.10. The highest BCUT2D eigenvalue weighted by Gasteiger charge is 2.35. The molecule has 5 nitrogen and oxygen atoms in total. The first kappa shape index (κ1) is 13.8. The van der Waals surface area contributed by atoms with Gasteiger partial charge in [0.2, 0.25) is 11.1 Å². The molecule has 0 amide bonds. The van der Waals surface area contributed by atoms with Gasteiger partial charge >= 0.3 is 0 Å². The fourth-order valence-electron chi connectivity index (χ4n) is 2.38. The van der Waals surface area contributed by atoms with Crippen LogP contribution in [0.2, 0.25) is 0 Å². The average Bonchev–Trinajstić information content (AvgIpc) is 3.03. The summed E-state index contributed by atoms with van der Waals surface area (Å²) in [5.74, 6) is 1.20. The van der Waals surface area contributed by atoms with Crippen molar-refractivity contribution < 1.29 is 5.11 Å². The van der Waals surface area contributed by atoms with E-state index >= 15 is 0 Å². The van der Waals surface area contributed by atoms with E-state index in [1.54, 1.807) is 11.3 Å². The second kappa shape index (κ2) is 5.67. The van der Waals surface area contributed by atoms with Gasteiger partial charge in [-0.3, -0.25) is 0 Å². The molecule has 2 aromatic heterocycles. The third kappa shape index (κ3) is 2.79. The molecule has 3 rings (SSSR count). The monoisotopic (exact) mass is 310 g/mol. The number of aliphatic hydroxyl groups excluding tert-OH is 1. The summed E-state index contributed by atoms with van der Waals surface area (Å²) in [5.41, 5.74) is 0. The molecule has 2 N–H and O–H groups in total. The Morgan fingerprint density at radius 1 is 1.45 bits per heavy atom. The van der Waals surface area contributed by atoms with Crippen molar-refractivity contribution in [1.82, 2.24) is 9.36 Å². The van der Waals surface area contributed by atoms with Gasteiger partial charge in [0.05, 0.1) is 12.1 Å². The Bertz CT molecular complexity index is 548. The summed E-state index contributed by atoms with van der Waals surface area (Å²) >= 11 is 3.13. The zero-order valence-corrected chi connectivity index (χ0v) is 13.1. The van der Waals surface area contributed by atoms with Crippen molar-refractivity contribution in [2.45, 2.75) is 25.0 Å². The number of thiophene rings is 1. The van der Waals surface area contributed by atoms with E-state index in [0.29, 0.717) is 5.92 Å². The van der Waals surface area contributed by atoms with E-state index in [1.165, 1.54) is 16.4 Å². The van der Waals surface area contributed by atoms with E-state index in [-0.39, 0.29) is 12.1 Å². The van der Waals surface area contributed by atoms with Gasteiger partial charge in [-0.05, 0) is 30.2 Å². The molecule has 7 heteroatoms. The predicted molar refractivity (Wildman–Crippen MR) is 83.6 cm³/mol. The number of aromatic nitrogens is 2. The van der Waals surface area contributed by atoms with Gasteiger partial charge in [0.1, 0.15) is 0 Å². The maximum absolute atomic E-state index is 9.55.